The van der Waals surface area contributed by atoms with E-state index in [1.165, 1.54) is 11.6 Å². The topological polar surface area (TPSA) is 122 Å². The third-order valence-electron chi connectivity index (χ3n) is 5.50. The van der Waals surface area contributed by atoms with Gasteiger partial charge in [-0.1, -0.05) is 54.6 Å². The van der Waals surface area contributed by atoms with Crippen molar-refractivity contribution in [1.29, 1.82) is 0 Å². The quantitative estimate of drug-likeness (QED) is 0.246. The SMILES string of the molecule is CCn1nc(-c2ccccc2)c(C(=O)OC(C)OC(=O)OC(C)C)c(Nc2cncc3ccccc23)c1=O. The van der Waals surface area contributed by atoms with Crippen molar-refractivity contribution in [2.75, 3.05) is 5.32 Å². The van der Waals surface area contributed by atoms with Gasteiger partial charge < -0.3 is 19.5 Å². The van der Waals surface area contributed by atoms with Crippen molar-refractivity contribution in [3.8, 4) is 11.3 Å². The van der Waals surface area contributed by atoms with Crippen LogP contribution in [0.25, 0.3) is 22.0 Å². The van der Waals surface area contributed by atoms with Crippen LogP contribution >= 0.6 is 0 Å². The molecule has 2 aromatic carbocycles. The smallest absolute Gasteiger partial charge is 0.431 e. The fourth-order valence-electron chi connectivity index (χ4n) is 3.84. The van der Waals surface area contributed by atoms with Crippen molar-refractivity contribution in [2.24, 2.45) is 0 Å². The Kier molecular flexibility index (Phi) is 8.00. The van der Waals surface area contributed by atoms with Crippen molar-refractivity contribution in [3.05, 3.63) is 82.9 Å². The molecule has 2 heterocycles. The van der Waals surface area contributed by atoms with E-state index in [2.05, 4.69) is 15.4 Å². The average molecular weight is 517 g/mol. The molecule has 4 aromatic rings. The van der Waals surface area contributed by atoms with Crippen LogP contribution in [0.15, 0.2) is 71.8 Å². The summed E-state index contributed by atoms with van der Waals surface area (Å²) in [7, 11) is 0. The van der Waals surface area contributed by atoms with Crippen LogP contribution in [0, 0.1) is 0 Å². The highest BCUT2D eigenvalue weighted by molar-refractivity contribution is 6.04. The van der Waals surface area contributed by atoms with Gasteiger partial charge in [0.1, 0.15) is 16.9 Å². The van der Waals surface area contributed by atoms with Crippen LogP contribution in [0.3, 0.4) is 0 Å². The molecule has 0 bridgehead atoms. The second-order valence-corrected chi connectivity index (χ2v) is 8.63. The lowest BCUT2D eigenvalue weighted by molar-refractivity contribution is -0.0865. The number of ether oxygens (including phenoxy) is 3. The third kappa shape index (κ3) is 5.80. The largest absolute Gasteiger partial charge is 0.511 e. The number of hydrogen-bond acceptors (Lipinski definition) is 9. The van der Waals surface area contributed by atoms with Gasteiger partial charge in [0.15, 0.2) is 0 Å². The summed E-state index contributed by atoms with van der Waals surface area (Å²) < 4.78 is 16.7. The van der Waals surface area contributed by atoms with E-state index in [9.17, 15) is 14.4 Å². The third-order valence-corrected chi connectivity index (χ3v) is 5.50. The predicted octanol–water partition coefficient (Wildman–Crippen LogP) is 5.29. The van der Waals surface area contributed by atoms with Gasteiger partial charge >= 0.3 is 12.1 Å². The molecule has 0 amide bonds. The zero-order valence-electron chi connectivity index (χ0n) is 21.5. The first-order valence-corrected chi connectivity index (χ1v) is 12.2. The maximum atomic E-state index is 13.6. The number of nitrogens with one attached hydrogen (secondary N) is 1. The van der Waals surface area contributed by atoms with Crippen LogP contribution in [0.4, 0.5) is 16.2 Å². The lowest BCUT2D eigenvalue weighted by Crippen LogP contribution is -2.30. The normalized spacial score (nSPS) is 11.7. The molecular weight excluding hydrogens is 488 g/mol. The second-order valence-electron chi connectivity index (χ2n) is 8.63. The van der Waals surface area contributed by atoms with E-state index in [0.717, 1.165) is 10.8 Å². The van der Waals surface area contributed by atoms with Gasteiger partial charge in [0, 0.05) is 36.0 Å². The molecule has 1 unspecified atom stereocenters. The molecule has 10 heteroatoms. The van der Waals surface area contributed by atoms with Gasteiger partial charge in [-0.3, -0.25) is 9.78 Å². The zero-order valence-corrected chi connectivity index (χ0v) is 21.5. The number of carbonyl (C=O) groups excluding carboxylic acids is 2. The van der Waals surface area contributed by atoms with Gasteiger partial charge in [0.05, 0.1) is 18.0 Å². The van der Waals surface area contributed by atoms with Crippen LogP contribution in [0.1, 0.15) is 38.1 Å². The van der Waals surface area contributed by atoms with Crippen molar-refractivity contribution < 1.29 is 23.8 Å². The van der Waals surface area contributed by atoms with E-state index < -0.39 is 30.1 Å². The molecule has 1 atom stereocenters. The Morgan fingerprint density at radius 3 is 2.37 bits per heavy atom. The standard InChI is InChI=1S/C28H28N4O6/c1-5-32-26(33)25(30-22-16-29-15-20-13-9-10-14-21(20)22)23(24(31-32)19-11-7-6-8-12-19)27(34)37-18(4)38-28(35)36-17(2)3/h6-18,30H,5H2,1-4H3. The Balaban J connectivity index is 1.84. The first-order chi connectivity index (χ1) is 18.3. The number of carbonyl (C=O) groups is 2. The fourth-order valence-corrected chi connectivity index (χ4v) is 3.84. The first-order valence-electron chi connectivity index (χ1n) is 12.2. The number of rotatable bonds is 8. The lowest BCUT2D eigenvalue weighted by Gasteiger charge is -2.19. The van der Waals surface area contributed by atoms with Crippen LogP contribution < -0.4 is 10.9 Å². The summed E-state index contributed by atoms with van der Waals surface area (Å²) in [4.78, 5) is 43.3. The molecule has 0 aliphatic carbocycles. The Hall–Kier alpha value is -4.73. The predicted molar refractivity (Wildman–Crippen MR) is 142 cm³/mol. The molecule has 2 aromatic heterocycles. The van der Waals surface area contributed by atoms with Crippen molar-refractivity contribution >= 4 is 34.3 Å². The maximum absolute atomic E-state index is 13.6. The number of nitrogens with zero attached hydrogens (tertiary/aromatic N) is 3. The van der Waals surface area contributed by atoms with Gasteiger partial charge in [-0.15, -0.1) is 0 Å². The molecule has 4 rings (SSSR count). The Morgan fingerprint density at radius 1 is 0.947 bits per heavy atom. The minimum atomic E-state index is -1.29. The van der Waals surface area contributed by atoms with E-state index >= 15 is 0 Å². The molecule has 0 saturated heterocycles. The molecule has 1 N–H and O–H groups in total. The number of esters is 1. The van der Waals surface area contributed by atoms with Crippen LogP contribution in [0.5, 0.6) is 0 Å². The van der Waals surface area contributed by atoms with E-state index in [1.54, 1.807) is 57.4 Å². The highest BCUT2D eigenvalue weighted by Crippen LogP contribution is 2.30. The minimum Gasteiger partial charge on any atom is -0.431 e. The molecule has 0 radical (unpaired) electrons. The van der Waals surface area contributed by atoms with Gasteiger partial charge in [-0.05, 0) is 20.8 Å². The molecule has 0 fully saturated rings. The number of aromatic nitrogens is 3. The summed E-state index contributed by atoms with van der Waals surface area (Å²) in [6, 6.07) is 16.5. The van der Waals surface area contributed by atoms with Gasteiger partial charge in [-0.25, -0.2) is 14.3 Å². The molecule has 38 heavy (non-hydrogen) atoms. The molecule has 196 valence electrons. The highest BCUT2D eigenvalue weighted by Gasteiger charge is 2.28. The van der Waals surface area contributed by atoms with Crippen molar-refractivity contribution in [2.45, 2.75) is 46.6 Å². The van der Waals surface area contributed by atoms with Crippen molar-refractivity contribution in [3.63, 3.8) is 0 Å². The monoisotopic (exact) mass is 516 g/mol. The highest BCUT2D eigenvalue weighted by atomic mass is 16.8. The summed E-state index contributed by atoms with van der Waals surface area (Å²) in [6.45, 7) is 6.75. The van der Waals surface area contributed by atoms with Crippen LogP contribution in [0.2, 0.25) is 0 Å². The Morgan fingerprint density at radius 2 is 1.66 bits per heavy atom. The zero-order chi connectivity index (χ0) is 27.2. The number of aryl methyl sites for hydroxylation is 1. The molecule has 0 aliphatic heterocycles. The lowest BCUT2D eigenvalue weighted by atomic mass is 10.0. The van der Waals surface area contributed by atoms with Gasteiger partial charge in [-0.2, -0.15) is 5.10 Å². The van der Waals surface area contributed by atoms with Crippen LogP contribution in [-0.2, 0) is 20.8 Å². The minimum absolute atomic E-state index is 0.0409. The number of benzene rings is 2. The Bertz CT molecular complexity index is 1510. The number of hydrogen-bond donors (Lipinski definition) is 1. The molecular formula is C28H28N4O6. The van der Waals surface area contributed by atoms with E-state index in [0.29, 0.717) is 11.3 Å². The number of anilines is 2. The number of pyridine rings is 1. The maximum Gasteiger partial charge on any atom is 0.511 e. The average Bonchev–Trinajstić information content (AvgIpc) is 2.89. The van der Waals surface area contributed by atoms with E-state index in [4.69, 9.17) is 14.2 Å². The summed E-state index contributed by atoms with van der Waals surface area (Å²) in [5.41, 5.74) is 0.664. The van der Waals surface area contributed by atoms with Crippen LogP contribution in [-0.4, -0.2) is 39.3 Å². The second kappa shape index (κ2) is 11.5. The summed E-state index contributed by atoms with van der Waals surface area (Å²) >= 11 is 0. The number of fused-ring (bicyclic) bond motifs is 1. The fraction of sp³-hybridized carbons (Fsp3) is 0.250. The Labute approximate surface area is 219 Å². The molecule has 0 saturated carbocycles. The van der Waals surface area contributed by atoms with E-state index in [-0.39, 0.29) is 23.5 Å². The first kappa shape index (κ1) is 26.3. The van der Waals surface area contributed by atoms with Crippen molar-refractivity contribution in [1.82, 2.24) is 14.8 Å². The van der Waals surface area contributed by atoms with E-state index in [1.807, 2.05) is 30.3 Å². The molecule has 0 aliphatic rings. The summed E-state index contributed by atoms with van der Waals surface area (Å²) in [5, 5.41) is 9.24. The molecule has 0 spiro atoms. The summed E-state index contributed by atoms with van der Waals surface area (Å²) in [5.74, 6) is -0.905. The van der Waals surface area contributed by atoms with Gasteiger partial charge in [0.2, 0.25) is 6.29 Å². The molecule has 10 nitrogen and oxygen atoms in total. The van der Waals surface area contributed by atoms with Gasteiger partial charge in [0.25, 0.3) is 5.56 Å². The summed E-state index contributed by atoms with van der Waals surface area (Å²) in [6.07, 6.45) is 0.591.